The Morgan fingerprint density at radius 3 is 2.71 bits per heavy atom. The first kappa shape index (κ1) is 10.6. The molecule has 0 radical (unpaired) electrons. The fourth-order valence-corrected chi connectivity index (χ4v) is 1.30. The molecule has 1 saturated heterocycles. The van der Waals surface area contributed by atoms with Gasteiger partial charge in [0.15, 0.2) is 0 Å². The fourth-order valence-electron chi connectivity index (χ4n) is 1.30. The lowest BCUT2D eigenvalue weighted by molar-refractivity contribution is -0.142. The van der Waals surface area contributed by atoms with E-state index in [1.165, 1.54) is 20.3 Å². The minimum atomic E-state index is -0.419. The van der Waals surface area contributed by atoms with E-state index in [2.05, 4.69) is 14.8 Å². The molecule has 0 amide bonds. The first-order valence-electron chi connectivity index (χ1n) is 4.30. The van der Waals surface area contributed by atoms with Gasteiger partial charge in [0.05, 0.1) is 14.2 Å². The van der Waals surface area contributed by atoms with Gasteiger partial charge in [-0.05, 0) is 12.8 Å². The summed E-state index contributed by atoms with van der Waals surface area (Å²) in [6.45, 7) is 0. The van der Waals surface area contributed by atoms with Gasteiger partial charge >= 0.3 is 11.9 Å². The van der Waals surface area contributed by atoms with Crippen molar-refractivity contribution in [3.8, 4) is 0 Å². The minimum Gasteiger partial charge on any atom is -0.467 e. The molecule has 1 atom stereocenters. The summed E-state index contributed by atoms with van der Waals surface area (Å²) in [5.74, 6) is -0.726. The van der Waals surface area contributed by atoms with Crippen LogP contribution in [0.3, 0.4) is 0 Å². The molecule has 1 aliphatic heterocycles. The Bertz CT molecular complexity index is 272. The molecule has 0 aromatic carbocycles. The van der Waals surface area contributed by atoms with Crippen LogP contribution in [-0.4, -0.2) is 32.2 Å². The average Bonchev–Trinajstić information content (AvgIpc) is 2.65. The fraction of sp³-hybridized carbons (Fsp3) is 0.556. The Morgan fingerprint density at radius 2 is 2.14 bits per heavy atom. The predicted octanol–water partition coefficient (Wildman–Crippen LogP) is -0.0317. The summed E-state index contributed by atoms with van der Waals surface area (Å²) < 4.78 is 9.03. The molecule has 1 heterocycles. The van der Waals surface area contributed by atoms with Gasteiger partial charge in [-0.15, -0.1) is 0 Å². The molecule has 0 saturated carbocycles. The van der Waals surface area contributed by atoms with E-state index >= 15 is 0 Å². The Kier molecular flexibility index (Phi) is 3.50. The summed E-state index contributed by atoms with van der Waals surface area (Å²) in [4.78, 5) is 21.9. The second kappa shape index (κ2) is 4.64. The Labute approximate surface area is 82.1 Å². The first-order chi connectivity index (χ1) is 6.67. The number of hydrogen-bond acceptors (Lipinski definition) is 5. The summed E-state index contributed by atoms with van der Waals surface area (Å²) in [6, 6.07) is -0.337. The van der Waals surface area contributed by atoms with Crippen molar-refractivity contribution in [3.05, 3.63) is 11.8 Å². The molecule has 78 valence electrons. The van der Waals surface area contributed by atoms with Crippen molar-refractivity contribution in [2.45, 2.75) is 18.9 Å². The van der Waals surface area contributed by atoms with E-state index in [0.717, 1.165) is 0 Å². The molecule has 0 aromatic heterocycles. The third kappa shape index (κ3) is 2.48. The predicted molar refractivity (Wildman–Crippen MR) is 48.3 cm³/mol. The molecule has 0 spiro atoms. The van der Waals surface area contributed by atoms with Crippen LogP contribution in [-0.2, 0) is 19.1 Å². The number of ether oxygens (including phenoxy) is 2. The van der Waals surface area contributed by atoms with E-state index in [0.29, 0.717) is 18.5 Å². The molecule has 14 heavy (non-hydrogen) atoms. The summed E-state index contributed by atoms with van der Waals surface area (Å²) in [5.41, 5.74) is 0.715. The van der Waals surface area contributed by atoms with Crippen LogP contribution >= 0.6 is 0 Å². The van der Waals surface area contributed by atoms with Gasteiger partial charge < -0.3 is 14.8 Å². The number of nitrogens with one attached hydrogen (secondary N) is 1. The maximum Gasteiger partial charge on any atom is 0.332 e. The van der Waals surface area contributed by atoms with Gasteiger partial charge in [-0.1, -0.05) is 0 Å². The van der Waals surface area contributed by atoms with E-state index in [4.69, 9.17) is 0 Å². The number of rotatable bonds is 2. The summed E-state index contributed by atoms with van der Waals surface area (Å²) >= 11 is 0. The van der Waals surface area contributed by atoms with E-state index in [-0.39, 0.29) is 12.0 Å². The van der Waals surface area contributed by atoms with Gasteiger partial charge in [0.25, 0.3) is 0 Å². The highest BCUT2D eigenvalue weighted by atomic mass is 16.5. The Morgan fingerprint density at radius 1 is 1.43 bits per heavy atom. The summed E-state index contributed by atoms with van der Waals surface area (Å²) in [6.07, 6.45) is 2.66. The lowest BCUT2D eigenvalue weighted by Crippen LogP contribution is -2.31. The smallest absolute Gasteiger partial charge is 0.332 e. The molecule has 1 fully saturated rings. The Hall–Kier alpha value is -1.52. The number of hydrogen-bond donors (Lipinski definition) is 1. The second-order valence-electron chi connectivity index (χ2n) is 2.95. The largest absolute Gasteiger partial charge is 0.467 e. The number of carbonyl (C=O) groups excluding carboxylic acids is 2. The van der Waals surface area contributed by atoms with Crippen LogP contribution < -0.4 is 5.32 Å². The van der Waals surface area contributed by atoms with Crippen molar-refractivity contribution in [3.63, 3.8) is 0 Å². The van der Waals surface area contributed by atoms with Crippen LogP contribution in [0.15, 0.2) is 11.8 Å². The number of methoxy groups -OCH3 is 2. The molecule has 1 unspecified atom stereocenters. The molecule has 1 rings (SSSR count). The van der Waals surface area contributed by atoms with E-state index in [1.54, 1.807) is 0 Å². The van der Waals surface area contributed by atoms with Gasteiger partial charge in [-0.3, -0.25) is 0 Å². The molecule has 0 aromatic rings. The van der Waals surface area contributed by atoms with Crippen LogP contribution in [0.1, 0.15) is 12.8 Å². The van der Waals surface area contributed by atoms with Gasteiger partial charge in [-0.25, -0.2) is 9.59 Å². The van der Waals surface area contributed by atoms with E-state index in [1.807, 2.05) is 0 Å². The average molecular weight is 199 g/mol. The maximum absolute atomic E-state index is 11.1. The van der Waals surface area contributed by atoms with E-state index < -0.39 is 5.97 Å². The zero-order valence-corrected chi connectivity index (χ0v) is 8.20. The highest BCUT2D eigenvalue weighted by Gasteiger charge is 2.25. The van der Waals surface area contributed by atoms with Gasteiger partial charge in [0.2, 0.25) is 0 Å². The van der Waals surface area contributed by atoms with Crippen molar-refractivity contribution in [1.82, 2.24) is 5.32 Å². The number of allylic oxidation sites excluding steroid dienone is 1. The van der Waals surface area contributed by atoms with Crippen LogP contribution in [0, 0.1) is 0 Å². The highest BCUT2D eigenvalue weighted by Crippen LogP contribution is 2.16. The minimum absolute atomic E-state index is 0.307. The lowest BCUT2D eigenvalue weighted by atomic mass is 10.2. The quantitative estimate of drug-likeness (QED) is 0.499. The Balaban J connectivity index is 2.53. The van der Waals surface area contributed by atoms with Crippen LogP contribution in [0.25, 0.3) is 0 Å². The number of carbonyl (C=O) groups is 2. The highest BCUT2D eigenvalue weighted by molar-refractivity contribution is 5.83. The molecule has 1 N–H and O–H groups in total. The summed E-state index contributed by atoms with van der Waals surface area (Å²) in [5, 5.41) is 2.89. The summed E-state index contributed by atoms with van der Waals surface area (Å²) in [7, 11) is 2.65. The third-order valence-corrected chi connectivity index (χ3v) is 2.04. The van der Waals surface area contributed by atoms with Crippen molar-refractivity contribution in [2.75, 3.05) is 14.2 Å². The second-order valence-corrected chi connectivity index (χ2v) is 2.95. The zero-order chi connectivity index (χ0) is 10.6. The standard InChI is InChI=1S/C9H13NO4/c1-13-8(11)5-6-3-4-7(10-6)9(12)14-2/h5,7,10H,3-4H2,1-2H3/b6-5+. The van der Waals surface area contributed by atoms with E-state index in [9.17, 15) is 9.59 Å². The molecule has 0 aliphatic carbocycles. The molecular formula is C9H13NO4. The third-order valence-electron chi connectivity index (χ3n) is 2.04. The SMILES string of the molecule is COC(=O)/C=C1\CCC(C(=O)OC)N1. The first-order valence-corrected chi connectivity index (χ1v) is 4.30. The van der Waals surface area contributed by atoms with Crippen molar-refractivity contribution in [2.24, 2.45) is 0 Å². The molecule has 5 nitrogen and oxygen atoms in total. The van der Waals surface area contributed by atoms with Gasteiger partial charge in [0.1, 0.15) is 6.04 Å². The normalized spacial score (nSPS) is 23.0. The maximum atomic E-state index is 11.1. The lowest BCUT2D eigenvalue weighted by Gasteiger charge is -2.07. The number of esters is 2. The molecule has 0 bridgehead atoms. The van der Waals surface area contributed by atoms with Crippen LogP contribution in [0.5, 0.6) is 0 Å². The van der Waals surface area contributed by atoms with Gasteiger partial charge in [-0.2, -0.15) is 0 Å². The molecule has 1 aliphatic rings. The van der Waals surface area contributed by atoms with Gasteiger partial charge in [0, 0.05) is 11.8 Å². The molecular weight excluding hydrogens is 186 g/mol. The van der Waals surface area contributed by atoms with Crippen LogP contribution in [0.4, 0.5) is 0 Å². The van der Waals surface area contributed by atoms with Crippen molar-refractivity contribution in [1.29, 1.82) is 0 Å². The topological polar surface area (TPSA) is 64.6 Å². The van der Waals surface area contributed by atoms with Crippen molar-refractivity contribution >= 4 is 11.9 Å². The molecule has 5 heteroatoms. The monoisotopic (exact) mass is 199 g/mol. The zero-order valence-electron chi connectivity index (χ0n) is 8.20. The van der Waals surface area contributed by atoms with Crippen molar-refractivity contribution < 1.29 is 19.1 Å². The van der Waals surface area contributed by atoms with Crippen LogP contribution in [0.2, 0.25) is 0 Å².